The first-order valence-corrected chi connectivity index (χ1v) is 13.7. The Bertz CT molecular complexity index is 1110. The van der Waals surface area contributed by atoms with E-state index in [0.29, 0.717) is 10.5 Å². The molecule has 2 aromatic rings. The van der Waals surface area contributed by atoms with Crippen molar-refractivity contribution in [3.05, 3.63) is 58.7 Å². The van der Waals surface area contributed by atoms with Gasteiger partial charge in [0.05, 0.1) is 0 Å². The molecule has 0 saturated heterocycles. The van der Waals surface area contributed by atoms with Crippen LogP contribution < -0.4 is 10.1 Å². The van der Waals surface area contributed by atoms with Gasteiger partial charge in [-0.05, 0) is 19.3 Å². The molecule has 3 rings (SSSR count). The van der Waals surface area contributed by atoms with Crippen LogP contribution in [0.2, 0.25) is 0 Å². The van der Waals surface area contributed by atoms with Gasteiger partial charge in [0.2, 0.25) is 0 Å². The van der Waals surface area contributed by atoms with Crippen molar-refractivity contribution in [1.29, 1.82) is 0 Å². The third-order valence-corrected chi connectivity index (χ3v) is 6.51. The van der Waals surface area contributed by atoms with Gasteiger partial charge in [-0.3, -0.25) is 0 Å². The van der Waals surface area contributed by atoms with Crippen LogP contribution >= 0.6 is 0 Å². The van der Waals surface area contributed by atoms with Crippen LogP contribution in [0.5, 0.6) is 11.7 Å². The molecular weight excluding hydrogens is 669 g/mol. The Morgan fingerprint density at radius 1 is 1.25 bits per heavy atom. The Labute approximate surface area is 233 Å². The van der Waals surface area contributed by atoms with Crippen LogP contribution in [0.1, 0.15) is 67.8 Å². The minimum atomic E-state index is -0.465. The number of ether oxygens (including phenoxy) is 4. The zero-order valence-corrected chi connectivity index (χ0v) is 26.1. The number of aryl methyl sites for hydroxylation is 2. The number of methoxy groups -OCH3 is 2. The van der Waals surface area contributed by atoms with Gasteiger partial charge in [0.1, 0.15) is 0 Å². The van der Waals surface area contributed by atoms with E-state index in [4.69, 9.17) is 23.4 Å². The van der Waals surface area contributed by atoms with Gasteiger partial charge in [0.15, 0.2) is 0 Å². The summed E-state index contributed by atoms with van der Waals surface area (Å²) in [6.07, 6.45) is 6.31. The molecule has 1 aromatic heterocycles. The minimum absolute atomic E-state index is 0.104. The second-order valence-corrected chi connectivity index (χ2v) is 10.4. The molecule has 195 valence electrons. The predicted molar refractivity (Wildman–Crippen MR) is 130 cm³/mol. The van der Waals surface area contributed by atoms with Crippen molar-refractivity contribution in [2.75, 3.05) is 14.2 Å². The van der Waals surface area contributed by atoms with Crippen LogP contribution in [0.3, 0.4) is 0 Å². The zero-order valence-electron chi connectivity index (χ0n) is 21.8. The van der Waals surface area contributed by atoms with E-state index in [1.165, 1.54) is 51.1 Å². The Morgan fingerprint density at radius 3 is 2.56 bits per heavy atom. The van der Waals surface area contributed by atoms with E-state index in [1.54, 1.807) is 12.1 Å². The second-order valence-electron chi connectivity index (χ2n) is 9.13. The van der Waals surface area contributed by atoms with Gasteiger partial charge in [0.25, 0.3) is 0 Å². The first-order chi connectivity index (χ1) is 17.0. The summed E-state index contributed by atoms with van der Waals surface area (Å²) in [6.45, 7) is 10.5. The molecule has 9 heteroatoms. The molecule has 7 nitrogen and oxygen atoms in total. The fourth-order valence-corrected chi connectivity index (χ4v) is 4.60. The average Bonchev–Trinajstić information content (AvgIpc) is 3.28. The van der Waals surface area contributed by atoms with E-state index < -0.39 is 5.91 Å². The van der Waals surface area contributed by atoms with Crippen LogP contribution in [0, 0.1) is 13.2 Å². The number of furan rings is 1. The monoisotopic (exact) mass is 702 g/mol. The third kappa shape index (κ3) is 8.67. The fraction of sp³-hybridized carbons (Fsp3) is 0.444. The topological polar surface area (TPSA) is 79.2 Å². The molecule has 0 spiro atoms. The van der Waals surface area contributed by atoms with E-state index in [2.05, 4.69) is 59.1 Å². The van der Waals surface area contributed by atoms with E-state index in [0.717, 1.165) is 24.2 Å². The summed E-state index contributed by atoms with van der Waals surface area (Å²) < 4.78 is 29.4. The van der Waals surface area contributed by atoms with Gasteiger partial charge in [-0.1, -0.05) is 13.8 Å². The average molecular weight is 702 g/mol. The van der Waals surface area contributed by atoms with Crippen molar-refractivity contribution in [3.63, 3.8) is 0 Å². The summed E-state index contributed by atoms with van der Waals surface area (Å²) in [5.41, 5.74) is 4.11. The fourth-order valence-electron chi connectivity index (χ4n) is 3.75. The number of hydrogen-bond acceptors (Lipinski definition) is 6. The number of hydrogen-bond donors (Lipinski definition) is 1. The summed E-state index contributed by atoms with van der Waals surface area (Å²) in [6, 6.07) is 7.49. The summed E-state index contributed by atoms with van der Waals surface area (Å²) in [7, 11) is 2.92. The summed E-state index contributed by atoms with van der Waals surface area (Å²) in [4.78, 5) is 12.5. The summed E-state index contributed by atoms with van der Waals surface area (Å²) in [5, 5.41) is 2.64. The maximum absolute atomic E-state index is 12.5. The van der Waals surface area contributed by atoms with Crippen molar-refractivity contribution in [3.8, 4) is 11.7 Å². The zero-order chi connectivity index (χ0) is 26.9. The Morgan fingerprint density at radius 2 is 1.97 bits per heavy atom. The first kappa shape index (κ1) is 30.5. The molecule has 0 aliphatic heterocycles. The third-order valence-electron chi connectivity index (χ3n) is 5.53. The number of nitrogens with one attached hydrogen (secondary N) is 1. The molecule has 1 N–H and O–H groups in total. The molecule has 0 atom stereocenters. The van der Waals surface area contributed by atoms with Crippen LogP contribution in [0.15, 0.2) is 34.4 Å². The summed E-state index contributed by atoms with van der Waals surface area (Å²) in [5.74, 6) is 0.626. The summed E-state index contributed by atoms with van der Waals surface area (Å²) >= 11 is 3.44. The molecule has 1 aromatic carbocycles. The first-order valence-electron chi connectivity index (χ1n) is 11.5. The molecule has 1 amide bonds. The molecule has 0 bridgehead atoms. The number of carbonyl (C=O) groups is 1. The molecule has 0 radical (unpaired) electrons. The van der Waals surface area contributed by atoms with Crippen LogP contribution in [0.25, 0.3) is 0 Å². The maximum atomic E-state index is 12.5. The number of benzene rings is 1. The van der Waals surface area contributed by atoms with Gasteiger partial charge >= 0.3 is 202 Å². The number of carbonyl (C=O) groups excluding carboxylic acids is 1. The van der Waals surface area contributed by atoms with Crippen molar-refractivity contribution < 1.29 is 64.5 Å². The van der Waals surface area contributed by atoms with Gasteiger partial charge < -0.3 is 0 Å². The van der Waals surface area contributed by atoms with Gasteiger partial charge in [0, 0.05) is 0 Å². The SMILES string of the molecule is CC(C)O[C-]=[W].CO[C-]=C(NC(=O)c1ccc(Oc2cc3c(cc2C)CCCC3(C)C)o1)[C](=[V])OC. The molecule has 36 heavy (non-hydrogen) atoms. The van der Waals surface area contributed by atoms with E-state index in [1.807, 2.05) is 20.8 Å². The van der Waals surface area contributed by atoms with Crippen molar-refractivity contribution >= 4 is 14.9 Å². The quantitative estimate of drug-likeness (QED) is 0.295. The van der Waals surface area contributed by atoms with Gasteiger partial charge in [-0.25, -0.2) is 0 Å². The molecule has 0 fully saturated rings. The number of rotatable bonds is 9. The van der Waals surface area contributed by atoms with Crippen LogP contribution in [-0.4, -0.2) is 35.2 Å². The number of fused-ring (bicyclic) bond motifs is 1. The number of amides is 1. The van der Waals surface area contributed by atoms with Crippen molar-refractivity contribution in [2.45, 2.75) is 65.4 Å². The molecule has 1 heterocycles. The Kier molecular flexibility index (Phi) is 12.1. The van der Waals surface area contributed by atoms with Crippen molar-refractivity contribution in [1.82, 2.24) is 5.32 Å². The molecule has 0 unspecified atom stereocenters. The molecular formula is C27H33NO6VW-2. The van der Waals surface area contributed by atoms with Crippen LogP contribution in [-0.2, 0) is 62.4 Å². The van der Waals surface area contributed by atoms with Gasteiger partial charge in [-0.2, -0.15) is 0 Å². The molecule has 1 aliphatic rings. The van der Waals surface area contributed by atoms with Crippen molar-refractivity contribution in [2.24, 2.45) is 0 Å². The standard InChI is InChI=1S/C23H26NO5.C4H7O.V.W/c1-15-11-16-7-6-10-23(2,3)18(16)12-20(15)29-21-9-8-19(28-21)22(25)24-17(13-26-4)14-27-5;1-4(2)5-3;;/h8-9,11-12H,6-7,10H2,1-5H3,(H,24,25);4H,1-2H3;;/q2*-1;;. The molecule has 0 saturated carbocycles. The van der Waals surface area contributed by atoms with E-state index in [9.17, 15) is 4.79 Å². The van der Waals surface area contributed by atoms with Gasteiger partial charge in [-0.15, -0.1) is 0 Å². The normalized spacial score (nSPS) is 14.2. The predicted octanol–water partition coefficient (Wildman–Crippen LogP) is 4.93. The molecule has 1 aliphatic carbocycles. The van der Waals surface area contributed by atoms with E-state index >= 15 is 0 Å². The Balaban J connectivity index is 0.000000678. The van der Waals surface area contributed by atoms with E-state index in [-0.39, 0.29) is 22.8 Å². The second kappa shape index (κ2) is 14.3. The van der Waals surface area contributed by atoms with Crippen LogP contribution in [0.4, 0.5) is 0 Å². The Hall–Kier alpha value is -1.76.